The van der Waals surface area contributed by atoms with Crippen molar-refractivity contribution in [2.45, 2.75) is 27.7 Å². The molecule has 1 heterocycles. The minimum Gasteiger partial charge on any atom is -0.462 e. The van der Waals surface area contributed by atoms with Crippen LogP contribution in [0.2, 0.25) is 0 Å². The Bertz CT molecular complexity index is 400. The van der Waals surface area contributed by atoms with Crippen LogP contribution in [0.1, 0.15) is 34.5 Å². The van der Waals surface area contributed by atoms with Crippen molar-refractivity contribution in [1.29, 1.82) is 0 Å². The molecule has 1 aromatic heterocycles. The SMILES string of the molecule is CCOC(=O)c1c(C)nc(C)[n+](C)c1C. The van der Waals surface area contributed by atoms with Gasteiger partial charge < -0.3 is 4.74 Å². The van der Waals surface area contributed by atoms with Gasteiger partial charge >= 0.3 is 5.97 Å². The molecular formula is C11H17N2O2+. The van der Waals surface area contributed by atoms with Crippen molar-refractivity contribution < 1.29 is 14.1 Å². The molecule has 0 spiro atoms. The third-order valence-corrected chi connectivity index (χ3v) is 2.52. The minimum absolute atomic E-state index is 0.296. The minimum atomic E-state index is -0.296. The fourth-order valence-corrected chi connectivity index (χ4v) is 1.54. The maximum Gasteiger partial charge on any atom is 0.346 e. The van der Waals surface area contributed by atoms with Gasteiger partial charge in [-0.3, -0.25) is 0 Å². The fraction of sp³-hybridized carbons (Fsp3) is 0.545. The van der Waals surface area contributed by atoms with E-state index in [0.29, 0.717) is 12.2 Å². The van der Waals surface area contributed by atoms with Crippen molar-refractivity contribution in [3.63, 3.8) is 0 Å². The number of aromatic nitrogens is 2. The Morgan fingerprint density at radius 1 is 1.40 bits per heavy atom. The molecule has 1 aromatic rings. The molecule has 0 bridgehead atoms. The molecule has 0 radical (unpaired) electrons. The predicted octanol–water partition coefficient (Wildman–Crippen LogP) is 1.01. The number of hydrogen-bond donors (Lipinski definition) is 0. The molecule has 0 N–H and O–H groups in total. The summed E-state index contributed by atoms with van der Waals surface area (Å²) in [7, 11) is 1.89. The van der Waals surface area contributed by atoms with Gasteiger partial charge in [0.25, 0.3) is 5.82 Å². The van der Waals surface area contributed by atoms with E-state index in [9.17, 15) is 4.79 Å². The van der Waals surface area contributed by atoms with Crippen LogP contribution in [-0.2, 0) is 11.8 Å². The number of ether oxygens (including phenoxy) is 1. The average Bonchev–Trinajstić information content (AvgIpc) is 2.15. The number of hydrogen-bond acceptors (Lipinski definition) is 3. The van der Waals surface area contributed by atoms with Crippen LogP contribution in [-0.4, -0.2) is 17.6 Å². The lowest BCUT2D eigenvalue weighted by molar-refractivity contribution is -0.687. The predicted molar refractivity (Wildman–Crippen MR) is 55.6 cm³/mol. The molecule has 0 aliphatic heterocycles. The highest BCUT2D eigenvalue weighted by Crippen LogP contribution is 2.09. The topological polar surface area (TPSA) is 43.1 Å². The van der Waals surface area contributed by atoms with Gasteiger partial charge in [0.05, 0.1) is 13.7 Å². The van der Waals surface area contributed by atoms with Crippen LogP contribution in [0, 0.1) is 20.8 Å². The molecule has 82 valence electrons. The highest BCUT2D eigenvalue weighted by molar-refractivity contribution is 5.91. The molecule has 0 unspecified atom stereocenters. The smallest absolute Gasteiger partial charge is 0.346 e. The number of aryl methyl sites for hydroxylation is 2. The third kappa shape index (κ3) is 2.14. The summed E-state index contributed by atoms with van der Waals surface area (Å²) in [6.07, 6.45) is 0. The molecule has 0 atom stereocenters. The van der Waals surface area contributed by atoms with Crippen LogP contribution in [0.4, 0.5) is 0 Å². The summed E-state index contributed by atoms with van der Waals surface area (Å²) in [6, 6.07) is 0. The van der Waals surface area contributed by atoms with E-state index in [0.717, 1.165) is 17.2 Å². The van der Waals surface area contributed by atoms with Crippen LogP contribution in [0.3, 0.4) is 0 Å². The van der Waals surface area contributed by atoms with Gasteiger partial charge in [0.2, 0.25) is 0 Å². The molecule has 1 rings (SSSR count). The molecule has 0 amide bonds. The first kappa shape index (κ1) is 11.6. The maximum atomic E-state index is 11.7. The zero-order chi connectivity index (χ0) is 11.6. The van der Waals surface area contributed by atoms with E-state index in [2.05, 4.69) is 4.98 Å². The largest absolute Gasteiger partial charge is 0.462 e. The van der Waals surface area contributed by atoms with Gasteiger partial charge in [-0.1, -0.05) is 4.98 Å². The lowest BCUT2D eigenvalue weighted by Gasteiger charge is -2.07. The molecule has 0 saturated carbocycles. The van der Waals surface area contributed by atoms with Crippen LogP contribution in [0.5, 0.6) is 0 Å². The fourth-order valence-electron chi connectivity index (χ4n) is 1.54. The van der Waals surface area contributed by atoms with E-state index >= 15 is 0 Å². The molecule has 4 nitrogen and oxygen atoms in total. The second kappa shape index (κ2) is 4.38. The van der Waals surface area contributed by atoms with E-state index in [4.69, 9.17) is 4.74 Å². The van der Waals surface area contributed by atoms with Gasteiger partial charge in [-0.15, -0.1) is 0 Å². The molecule has 0 aromatic carbocycles. The van der Waals surface area contributed by atoms with E-state index in [-0.39, 0.29) is 5.97 Å². The third-order valence-electron chi connectivity index (χ3n) is 2.52. The van der Waals surface area contributed by atoms with E-state index < -0.39 is 0 Å². The molecular weight excluding hydrogens is 192 g/mol. The van der Waals surface area contributed by atoms with Gasteiger partial charge in [0.15, 0.2) is 5.69 Å². The molecule has 0 aliphatic carbocycles. The Morgan fingerprint density at radius 2 is 2.00 bits per heavy atom. The number of nitrogens with zero attached hydrogens (tertiary/aromatic N) is 2. The number of carbonyl (C=O) groups is 1. The lowest BCUT2D eigenvalue weighted by atomic mass is 10.1. The molecule has 0 saturated heterocycles. The Morgan fingerprint density at radius 3 is 2.53 bits per heavy atom. The Kier molecular flexibility index (Phi) is 3.39. The van der Waals surface area contributed by atoms with Gasteiger partial charge in [-0.05, 0) is 13.8 Å². The summed E-state index contributed by atoms with van der Waals surface area (Å²) in [4.78, 5) is 16.0. The standard InChI is InChI=1S/C11H17N2O2/c1-6-15-11(14)10-7(2)12-9(4)13(5)8(10)3/h6H2,1-5H3/q+1. The average molecular weight is 209 g/mol. The summed E-state index contributed by atoms with van der Waals surface area (Å²) in [6.45, 7) is 7.81. The van der Waals surface area contributed by atoms with Crippen LogP contribution in [0.15, 0.2) is 0 Å². The number of rotatable bonds is 2. The van der Waals surface area contributed by atoms with Crippen molar-refractivity contribution in [3.05, 3.63) is 22.8 Å². The first-order valence-electron chi connectivity index (χ1n) is 5.00. The van der Waals surface area contributed by atoms with E-state index in [1.54, 1.807) is 6.92 Å². The zero-order valence-electron chi connectivity index (χ0n) is 9.92. The summed E-state index contributed by atoms with van der Waals surface area (Å²) in [5.41, 5.74) is 2.19. The molecule has 0 aliphatic rings. The lowest BCUT2D eigenvalue weighted by Crippen LogP contribution is -2.39. The second-order valence-corrected chi connectivity index (χ2v) is 3.48. The second-order valence-electron chi connectivity index (χ2n) is 3.48. The quantitative estimate of drug-likeness (QED) is 0.539. The molecule has 15 heavy (non-hydrogen) atoms. The summed E-state index contributed by atoms with van der Waals surface area (Å²) >= 11 is 0. The number of esters is 1. The zero-order valence-corrected chi connectivity index (χ0v) is 9.92. The summed E-state index contributed by atoms with van der Waals surface area (Å²) in [5, 5.41) is 0. The van der Waals surface area contributed by atoms with Crippen LogP contribution in [0.25, 0.3) is 0 Å². The van der Waals surface area contributed by atoms with Gasteiger partial charge in [-0.25, -0.2) is 9.36 Å². The summed E-state index contributed by atoms with van der Waals surface area (Å²) in [5.74, 6) is 0.591. The highest BCUT2D eigenvalue weighted by atomic mass is 16.5. The highest BCUT2D eigenvalue weighted by Gasteiger charge is 2.23. The van der Waals surface area contributed by atoms with Crippen LogP contribution < -0.4 is 4.57 Å². The van der Waals surface area contributed by atoms with Crippen molar-refractivity contribution in [3.8, 4) is 0 Å². The van der Waals surface area contributed by atoms with Crippen molar-refractivity contribution in [2.75, 3.05) is 6.61 Å². The van der Waals surface area contributed by atoms with Crippen LogP contribution >= 0.6 is 0 Å². The van der Waals surface area contributed by atoms with Gasteiger partial charge in [0.1, 0.15) is 11.3 Å². The Labute approximate surface area is 89.9 Å². The maximum absolute atomic E-state index is 11.7. The monoisotopic (exact) mass is 209 g/mol. The van der Waals surface area contributed by atoms with Crippen molar-refractivity contribution in [2.24, 2.45) is 7.05 Å². The van der Waals surface area contributed by atoms with Gasteiger partial charge in [-0.2, -0.15) is 0 Å². The van der Waals surface area contributed by atoms with Crippen molar-refractivity contribution >= 4 is 5.97 Å². The molecule has 0 fully saturated rings. The normalized spacial score (nSPS) is 10.2. The van der Waals surface area contributed by atoms with Gasteiger partial charge in [0, 0.05) is 13.8 Å². The van der Waals surface area contributed by atoms with Crippen molar-refractivity contribution in [1.82, 2.24) is 4.98 Å². The molecule has 4 heteroatoms. The first-order chi connectivity index (χ1) is 6.99. The number of carbonyl (C=O) groups excluding carboxylic acids is 1. The summed E-state index contributed by atoms with van der Waals surface area (Å²) < 4.78 is 6.88. The first-order valence-corrected chi connectivity index (χ1v) is 5.00. The van der Waals surface area contributed by atoms with E-state index in [1.807, 2.05) is 32.4 Å². The van der Waals surface area contributed by atoms with E-state index in [1.165, 1.54) is 0 Å². The Balaban J connectivity index is 3.29. The Hall–Kier alpha value is -1.45.